The third-order valence-corrected chi connectivity index (χ3v) is 8.37. The molecule has 0 bridgehead atoms. The molecule has 1 saturated heterocycles. The fourth-order valence-electron chi connectivity index (χ4n) is 3.39. The molecule has 150 valence electrons. The number of amides is 1. The molecule has 0 spiro atoms. The van der Waals surface area contributed by atoms with Gasteiger partial charge in [-0.15, -0.1) is 11.3 Å². The number of anilines is 1. The first-order valence-electron chi connectivity index (χ1n) is 9.04. The molecule has 3 heterocycles. The molecule has 1 fully saturated rings. The predicted octanol–water partition coefficient (Wildman–Crippen LogP) is 0.393. The zero-order valence-electron chi connectivity index (χ0n) is 15.4. The van der Waals surface area contributed by atoms with Gasteiger partial charge in [0.25, 0.3) is 15.9 Å². The van der Waals surface area contributed by atoms with Crippen LogP contribution in [-0.2, 0) is 14.8 Å². The van der Waals surface area contributed by atoms with Crippen molar-refractivity contribution < 1.29 is 27.6 Å². The van der Waals surface area contributed by atoms with Gasteiger partial charge in [-0.3, -0.25) is 4.79 Å². The topological polar surface area (TPSA) is 89.4 Å². The number of sulfonamides is 1. The number of nitrogens with zero attached hydrogens (tertiary/aromatic N) is 1. The number of rotatable bonds is 5. The van der Waals surface area contributed by atoms with E-state index in [0.717, 1.165) is 4.90 Å². The molecule has 0 aliphatic carbocycles. The largest absolute Gasteiger partial charge is 0.454 e. The molecule has 10 heteroatoms. The van der Waals surface area contributed by atoms with E-state index in [1.807, 2.05) is 6.92 Å². The standard InChI is InChI=1S/C18H21N3O5S2/c1-13(18(22)19-14-4-5-15-16(11-14)26-12-25-15)20-6-8-21(9-7-20)28(23,24)17-3-2-10-27-17/h2-5,10-11,13H,6-9,12H2,1H3,(H,19,22)/p+1/t13-/m1/s1. The number of carbonyl (C=O) groups is 1. The lowest BCUT2D eigenvalue weighted by Crippen LogP contribution is -3.19. The summed E-state index contributed by atoms with van der Waals surface area (Å²) >= 11 is 1.23. The van der Waals surface area contributed by atoms with Crippen LogP contribution in [0.3, 0.4) is 0 Å². The monoisotopic (exact) mass is 424 g/mol. The number of ether oxygens (including phenoxy) is 2. The van der Waals surface area contributed by atoms with Gasteiger partial charge in [-0.05, 0) is 30.5 Å². The lowest BCUT2D eigenvalue weighted by molar-refractivity contribution is -0.917. The van der Waals surface area contributed by atoms with Crippen molar-refractivity contribution in [2.75, 3.05) is 38.3 Å². The van der Waals surface area contributed by atoms with Gasteiger partial charge < -0.3 is 19.7 Å². The van der Waals surface area contributed by atoms with Crippen LogP contribution in [0.1, 0.15) is 6.92 Å². The van der Waals surface area contributed by atoms with Crippen molar-refractivity contribution >= 4 is 33.0 Å². The zero-order valence-corrected chi connectivity index (χ0v) is 17.0. The van der Waals surface area contributed by atoms with Crippen molar-refractivity contribution in [3.63, 3.8) is 0 Å². The second kappa shape index (κ2) is 7.70. The average molecular weight is 425 g/mol. The molecule has 0 unspecified atom stereocenters. The van der Waals surface area contributed by atoms with Crippen LogP contribution in [0.25, 0.3) is 0 Å². The van der Waals surface area contributed by atoms with Crippen LogP contribution in [0, 0.1) is 0 Å². The van der Waals surface area contributed by atoms with E-state index in [1.54, 1.807) is 35.7 Å². The summed E-state index contributed by atoms with van der Waals surface area (Å²) in [5.41, 5.74) is 0.652. The van der Waals surface area contributed by atoms with Crippen LogP contribution in [0.5, 0.6) is 11.5 Å². The maximum absolute atomic E-state index is 12.6. The summed E-state index contributed by atoms with van der Waals surface area (Å²) in [7, 11) is -3.43. The first-order chi connectivity index (χ1) is 13.4. The van der Waals surface area contributed by atoms with Gasteiger partial charge in [0.1, 0.15) is 4.21 Å². The average Bonchev–Trinajstić information content (AvgIpc) is 3.39. The first-order valence-corrected chi connectivity index (χ1v) is 11.4. The molecule has 2 aromatic rings. The molecule has 0 radical (unpaired) electrons. The van der Waals surface area contributed by atoms with E-state index in [4.69, 9.17) is 9.47 Å². The summed E-state index contributed by atoms with van der Waals surface area (Å²) < 4.78 is 37.7. The van der Waals surface area contributed by atoms with Crippen molar-refractivity contribution in [3.05, 3.63) is 35.7 Å². The Hall–Kier alpha value is -2.14. The quantitative estimate of drug-likeness (QED) is 0.725. The number of carbonyl (C=O) groups excluding carboxylic acids is 1. The highest BCUT2D eigenvalue weighted by Crippen LogP contribution is 2.34. The van der Waals surface area contributed by atoms with E-state index in [9.17, 15) is 13.2 Å². The molecule has 2 aliphatic heterocycles. The first kappa shape index (κ1) is 19.2. The summed E-state index contributed by atoms with van der Waals surface area (Å²) in [6.07, 6.45) is 0. The van der Waals surface area contributed by atoms with E-state index in [0.29, 0.717) is 47.6 Å². The number of piperazine rings is 1. The van der Waals surface area contributed by atoms with Crippen LogP contribution in [0.15, 0.2) is 39.9 Å². The Morgan fingerprint density at radius 2 is 1.96 bits per heavy atom. The summed E-state index contributed by atoms with van der Waals surface area (Å²) in [6, 6.07) is 8.36. The number of benzene rings is 1. The van der Waals surface area contributed by atoms with Crippen LogP contribution < -0.4 is 19.7 Å². The molecule has 1 atom stereocenters. The van der Waals surface area contributed by atoms with E-state index >= 15 is 0 Å². The zero-order chi connectivity index (χ0) is 19.7. The number of fused-ring (bicyclic) bond motifs is 1. The molecule has 2 N–H and O–H groups in total. The highest BCUT2D eigenvalue weighted by molar-refractivity contribution is 7.91. The van der Waals surface area contributed by atoms with Gasteiger partial charge in [0, 0.05) is 11.8 Å². The smallest absolute Gasteiger partial charge is 0.282 e. The Morgan fingerprint density at radius 1 is 1.21 bits per heavy atom. The Kier molecular flexibility index (Phi) is 5.28. The third-order valence-electron chi connectivity index (χ3n) is 5.10. The fourth-order valence-corrected chi connectivity index (χ4v) is 5.98. The second-order valence-corrected chi connectivity index (χ2v) is 9.89. The highest BCUT2D eigenvalue weighted by atomic mass is 32.2. The minimum absolute atomic E-state index is 0.108. The lowest BCUT2D eigenvalue weighted by atomic mass is 10.2. The van der Waals surface area contributed by atoms with Gasteiger partial charge in [-0.2, -0.15) is 4.31 Å². The van der Waals surface area contributed by atoms with E-state index in [1.165, 1.54) is 15.6 Å². The van der Waals surface area contributed by atoms with Gasteiger partial charge in [0.05, 0.1) is 26.2 Å². The molecule has 1 aromatic carbocycles. The van der Waals surface area contributed by atoms with Crippen molar-refractivity contribution in [3.8, 4) is 11.5 Å². The molecular weight excluding hydrogens is 402 g/mol. The van der Waals surface area contributed by atoms with Crippen LogP contribution in [0.4, 0.5) is 5.69 Å². The maximum Gasteiger partial charge on any atom is 0.282 e. The van der Waals surface area contributed by atoms with Crippen LogP contribution in [-0.4, -0.2) is 57.6 Å². The lowest BCUT2D eigenvalue weighted by Gasteiger charge is -2.33. The van der Waals surface area contributed by atoms with E-state index < -0.39 is 10.0 Å². The van der Waals surface area contributed by atoms with Gasteiger partial charge in [0.2, 0.25) is 6.79 Å². The van der Waals surface area contributed by atoms with Crippen molar-refractivity contribution in [2.24, 2.45) is 0 Å². The van der Waals surface area contributed by atoms with Gasteiger partial charge in [0.15, 0.2) is 17.5 Å². The number of hydrogen-bond donors (Lipinski definition) is 2. The number of hydrogen-bond acceptors (Lipinski definition) is 6. The van der Waals surface area contributed by atoms with Crippen molar-refractivity contribution in [1.82, 2.24) is 4.31 Å². The molecule has 28 heavy (non-hydrogen) atoms. The maximum atomic E-state index is 12.6. The third kappa shape index (κ3) is 3.72. The molecule has 2 aliphatic rings. The van der Waals surface area contributed by atoms with Crippen molar-refractivity contribution in [2.45, 2.75) is 17.2 Å². The minimum atomic E-state index is -3.43. The van der Waals surface area contributed by atoms with Gasteiger partial charge in [-0.1, -0.05) is 6.07 Å². The van der Waals surface area contributed by atoms with Crippen LogP contribution in [0.2, 0.25) is 0 Å². The van der Waals surface area contributed by atoms with Crippen LogP contribution >= 0.6 is 11.3 Å². The summed E-state index contributed by atoms with van der Waals surface area (Å²) in [5.74, 6) is 1.17. The number of quaternary nitrogens is 1. The van der Waals surface area contributed by atoms with E-state index in [2.05, 4.69) is 5.32 Å². The normalized spacial score (nSPS) is 18.8. The Labute approximate surface area is 167 Å². The fraction of sp³-hybridized carbons (Fsp3) is 0.389. The molecular formula is C18H22N3O5S2+. The number of nitrogens with one attached hydrogen (secondary N) is 2. The molecule has 0 saturated carbocycles. The Bertz CT molecular complexity index is 954. The SMILES string of the molecule is C[C@H](C(=O)Nc1ccc2c(c1)OCO2)[NH+]1CCN(S(=O)(=O)c2cccs2)CC1. The molecule has 1 aromatic heterocycles. The molecule has 4 rings (SSSR count). The summed E-state index contributed by atoms with van der Waals surface area (Å²) in [5, 5.41) is 4.67. The summed E-state index contributed by atoms with van der Waals surface area (Å²) in [6.45, 7) is 4.02. The second-order valence-electron chi connectivity index (χ2n) is 6.77. The van der Waals surface area contributed by atoms with Crippen molar-refractivity contribution in [1.29, 1.82) is 0 Å². The van der Waals surface area contributed by atoms with Gasteiger partial charge >= 0.3 is 0 Å². The minimum Gasteiger partial charge on any atom is -0.454 e. The Balaban J connectivity index is 1.34. The molecule has 1 amide bonds. The summed E-state index contributed by atoms with van der Waals surface area (Å²) in [4.78, 5) is 13.7. The predicted molar refractivity (Wildman–Crippen MR) is 104 cm³/mol. The van der Waals surface area contributed by atoms with E-state index in [-0.39, 0.29) is 18.7 Å². The molecule has 8 nitrogen and oxygen atoms in total. The highest BCUT2D eigenvalue weighted by Gasteiger charge is 2.34. The Morgan fingerprint density at radius 3 is 2.68 bits per heavy atom. The van der Waals surface area contributed by atoms with Gasteiger partial charge in [-0.25, -0.2) is 8.42 Å². The number of thiophene rings is 1.